The Bertz CT molecular complexity index is 995. The first-order valence-corrected chi connectivity index (χ1v) is 11.8. The van der Waals surface area contributed by atoms with Crippen LogP contribution >= 0.6 is 11.9 Å². The van der Waals surface area contributed by atoms with Gasteiger partial charge in [0.15, 0.2) is 11.6 Å². The van der Waals surface area contributed by atoms with E-state index in [1.165, 1.54) is 19.2 Å². The van der Waals surface area contributed by atoms with Gasteiger partial charge in [-0.15, -0.1) is 0 Å². The molecule has 3 N–H and O–H groups in total. The summed E-state index contributed by atoms with van der Waals surface area (Å²) < 4.78 is 66.7. The highest BCUT2D eigenvalue weighted by Crippen LogP contribution is 2.35. The first kappa shape index (κ1) is 28.6. The molecule has 1 saturated carbocycles. The summed E-state index contributed by atoms with van der Waals surface area (Å²) >= 11 is 1.01. The van der Waals surface area contributed by atoms with Crippen molar-refractivity contribution in [3.8, 4) is 5.75 Å². The van der Waals surface area contributed by atoms with Crippen molar-refractivity contribution in [3.63, 3.8) is 0 Å². The summed E-state index contributed by atoms with van der Waals surface area (Å²) in [7, 11) is 1.29. The molecule has 11 heteroatoms. The van der Waals surface area contributed by atoms with Crippen molar-refractivity contribution in [2.45, 2.75) is 49.7 Å². The summed E-state index contributed by atoms with van der Waals surface area (Å²) in [5.41, 5.74) is -0.0184. The van der Waals surface area contributed by atoms with Crippen molar-refractivity contribution in [1.82, 2.24) is 4.98 Å². The van der Waals surface area contributed by atoms with Gasteiger partial charge >= 0.3 is 6.18 Å². The van der Waals surface area contributed by atoms with Crippen LogP contribution < -0.4 is 15.2 Å². The zero-order chi connectivity index (χ0) is 26.0. The number of alkyl halides is 3. The molecule has 1 heterocycles. The summed E-state index contributed by atoms with van der Waals surface area (Å²) in [5.74, 6) is -1.84. The van der Waals surface area contributed by atoms with Gasteiger partial charge in [-0.3, -0.25) is 9.93 Å². The van der Waals surface area contributed by atoms with Crippen molar-refractivity contribution in [3.05, 3.63) is 60.3 Å². The van der Waals surface area contributed by atoms with Crippen LogP contribution in [0.4, 0.5) is 27.6 Å². The number of nitrogens with two attached hydrogens (primary N) is 1. The molecular formula is C24H28F5N3O2S. The molecule has 0 radical (unpaired) electrons. The van der Waals surface area contributed by atoms with E-state index in [-0.39, 0.29) is 29.9 Å². The van der Waals surface area contributed by atoms with Crippen LogP contribution in [0.1, 0.15) is 38.5 Å². The van der Waals surface area contributed by atoms with Gasteiger partial charge in [-0.05, 0) is 80.7 Å². The maximum Gasteiger partial charge on any atom is 0.412 e. The lowest BCUT2D eigenvalue weighted by Gasteiger charge is -2.28. The Kier molecular flexibility index (Phi) is 11.0. The minimum Gasteiger partial charge on any atom is -0.494 e. The van der Waals surface area contributed by atoms with Crippen LogP contribution in [-0.4, -0.2) is 24.2 Å². The van der Waals surface area contributed by atoms with Gasteiger partial charge in [-0.25, -0.2) is 9.37 Å². The second kappa shape index (κ2) is 13.4. The number of hydrogen-bond acceptors (Lipinski definition) is 5. The summed E-state index contributed by atoms with van der Waals surface area (Å²) in [6, 6.07) is 7.19. The van der Waals surface area contributed by atoms with Crippen LogP contribution in [0.15, 0.2) is 53.7 Å². The highest BCUT2D eigenvalue weighted by molar-refractivity contribution is 7.97. The van der Waals surface area contributed by atoms with Crippen molar-refractivity contribution < 1.29 is 31.5 Å². The number of amides is 1. The Morgan fingerprint density at radius 2 is 1.91 bits per heavy atom. The molecule has 0 saturated heterocycles. The number of halogens is 5. The number of aromatic nitrogens is 1. The van der Waals surface area contributed by atoms with Crippen LogP contribution in [0.25, 0.3) is 0 Å². The number of methoxy groups -OCH3 is 1. The number of rotatable bonds is 7. The number of pyridine rings is 1. The lowest BCUT2D eigenvalue weighted by molar-refractivity contribution is -0.121. The Hall–Kier alpha value is -2.66. The van der Waals surface area contributed by atoms with E-state index in [1.54, 1.807) is 18.3 Å². The third-order valence-corrected chi connectivity index (χ3v) is 6.20. The highest BCUT2D eigenvalue weighted by atomic mass is 32.2. The number of hydrogen-bond donors (Lipinski definition) is 2. The fraction of sp³-hybridized carbons (Fsp3) is 0.417. The minimum absolute atomic E-state index is 0.0262. The topological polar surface area (TPSA) is 77.2 Å². The van der Waals surface area contributed by atoms with Gasteiger partial charge in [-0.1, -0.05) is 12.6 Å². The zero-order valence-corrected chi connectivity index (χ0v) is 20.0. The van der Waals surface area contributed by atoms with E-state index in [0.29, 0.717) is 30.0 Å². The number of ether oxygens (including phenoxy) is 1. The van der Waals surface area contributed by atoms with Gasteiger partial charge in [0.25, 0.3) is 0 Å². The Morgan fingerprint density at radius 3 is 2.49 bits per heavy atom. The smallest absolute Gasteiger partial charge is 0.412 e. The molecule has 35 heavy (non-hydrogen) atoms. The van der Waals surface area contributed by atoms with Gasteiger partial charge in [0.1, 0.15) is 5.03 Å². The lowest BCUT2D eigenvalue weighted by atomic mass is 9.79. The fourth-order valence-corrected chi connectivity index (χ4v) is 3.99. The van der Waals surface area contributed by atoms with Gasteiger partial charge in [-0.2, -0.15) is 17.6 Å². The van der Waals surface area contributed by atoms with Gasteiger partial charge in [0.05, 0.1) is 7.11 Å². The molecule has 0 aliphatic heterocycles. The zero-order valence-electron chi connectivity index (χ0n) is 19.2. The number of allylic oxidation sites excluding steroid dienone is 1. The molecule has 3 rings (SSSR count). The molecule has 1 aromatic carbocycles. The van der Waals surface area contributed by atoms with E-state index in [9.17, 15) is 26.7 Å². The lowest BCUT2D eigenvalue weighted by Crippen LogP contribution is -2.27. The van der Waals surface area contributed by atoms with Crippen molar-refractivity contribution in [2.24, 2.45) is 17.0 Å². The summed E-state index contributed by atoms with van der Waals surface area (Å²) in [6.45, 7) is 3.11. The normalized spacial score (nSPS) is 17.7. The Morgan fingerprint density at radius 1 is 1.23 bits per heavy atom. The van der Waals surface area contributed by atoms with Crippen LogP contribution in [-0.2, 0) is 4.79 Å². The monoisotopic (exact) mass is 517 g/mol. The molecule has 1 aromatic heterocycles. The number of benzene rings is 1. The van der Waals surface area contributed by atoms with Crippen LogP contribution in [0.3, 0.4) is 0 Å². The average Bonchev–Trinajstić information content (AvgIpc) is 2.84. The summed E-state index contributed by atoms with van der Waals surface area (Å²) in [4.78, 5) is 16.4. The Labute approximate surface area is 205 Å². The quantitative estimate of drug-likeness (QED) is 0.244. The first-order chi connectivity index (χ1) is 16.5. The van der Waals surface area contributed by atoms with Gasteiger partial charge < -0.3 is 10.1 Å². The molecule has 0 bridgehead atoms. The molecule has 1 aliphatic carbocycles. The predicted molar refractivity (Wildman–Crippen MR) is 126 cm³/mol. The van der Waals surface area contributed by atoms with Crippen LogP contribution in [0, 0.1) is 23.5 Å². The molecule has 1 aliphatic rings. The Balaban J connectivity index is 0.000000360. The standard InChI is InChI=1S/C17H22F3N3OS.C7H6F2O/c1-11(17(18,19)20)2-3-12-4-6-13(7-5-12)16(24)23-14-8-9-22-15(10-14)25-21;1-10-6-4-2-3-5(8)7(6)9/h8-10,12-13H,1-7,21H2,(H,22,23,24);2-4H,1H3. The van der Waals surface area contributed by atoms with Gasteiger partial charge in [0.2, 0.25) is 11.7 Å². The van der Waals surface area contributed by atoms with Crippen molar-refractivity contribution in [1.29, 1.82) is 0 Å². The SMILES string of the molecule is C=C(CCC1CCC(C(=O)Nc2ccnc(SN)c2)CC1)C(F)(F)F.COc1cccc(F)c1F. The van der Waals surface area contributed by atoms with E-state index in [4.69, 9.17) is 5.14 Å². The van der Waals surface area contributed by atoms with E-state index < -0.39 is 23.4 Å². The van der Waals surface area contributed by atoms with Crippen molar-refractivity contribution in [2.75, 3.05) is 12.4 Å². The molecule has 1 fully saturated rings. The summed E-state index contributed by atoms with van der Waals surface area (Å²) in [5, 5.41) is 8.93. The maximum atomic E-state index is 12.5. The molecule has 2 aromatic rings. The van der Waals surface area contributed by atoms with E-state index in [0.717, 1.165) is 30.9 Å². The highest BCUT2D eigenvalue weighted by Gasteiger charge is 2.32. The van der Waals surface area contributed by atoms with E-state index in [1.807, 2.05) is 0 Å². The third-order valence-electron chi connectivity index (χ3n) is 5.73. The second-order valence-electron chi connectivity index (χ2n) is 8.10. The number of nitrogens with zero attached hydrogens (tertiary/aromatic N) is 1. The summed E-state index contributed by atoms with van der Waals surface area (Å²) in [6.07, 6.45) is 0.650. The van der Waals surface area contributed by atoms with E-state index >= 15 is 0 Å². The van der Waals surface area contributed by atoms with Gasteiger partial charge in [0, 0.05) is 23.4 Å². The first-order valence-electron chi connectivity index (χ1n) is 10.9. The van der Waals surface area contributed by atoms with Crippen molar-refractivity contribution >= 4 is 23.5 Å². The van der Waals surface area contributed by atoms with E-state index in [2.05, 4.69) is 21.6 Å². The molecule has 1 amide bonds. The third kappa shape index (κ3) is 9.14. The molecule has 0 atom stereocenters. The molecule has 5 nitrogen and oxygen atoms in total. The van der Waals surface area contributed by atoms with Crippen LogP contribution in [0.2, 0.25) is 0 Å². The second-order valence-corrected chi connectivity index (χ2v) is 8.76. The average molecular weight is 518 g/mol. The maximum absolute atomic E-state index is 12.5. The number of anilines is 1. The molecule has 0 spiro atoms. The molecule has 0 unspecified atom stereocenters. The number of carbonyl (C=O) groups excluding carboxylic acids is 1. The number of nitrogens with one attached hydrogen (secondary N) is 1. The van der Waals surface area contributed by atoms with Crippen LogP contribution in [0.5, 0.6) is 5.75 Å². The largest absolute Gasteiger partial charge is 0.494 e. The minimum atomic E-state index is -4.30. The number of carbonyl (C=O) groups is 1. The predicted octanol–water partition coefficient (Wildman–Crippen LogP) is 6.66. The molecule has 192 valence electrons. The molecular weight excluding hydrogens is 489 g/mol. The fourth-order valence-electron chi connectivity index (χ4n) is 3.67.